The first-order valence-electron chi connectivity index (χ1n) is 8.32. The van der Waals surface area contributed by atoms with E-state index in [0.717, 1.165) is 11.4 Å². The van der Waals surface area contributed by atoms with E-state index in [4.69, 9.17) is 14.6 Å². The number of carbonyl (C=O) groups excluding carboxylic acids is 2. The van der Waals surface area contributed by atoms with Crippen LogP contribution in [-0.2, 0) is 14.3 Å². The molecule has 2 aliphatic rings. The molecule has 8 nitrogen and oxygen atoms in total. The highest BCUT2D eigenvalue weighted by atomic mass is 32.1. The van der Waals surface area contributed by atoms with Gasteiger partial charge in [-0.25, -0.2) is 4.79 Å². The van der Waals surface area contributed by atoms with Crippen LogP contribution in [0.2, 0.25) is 0 Å². The molecule has 0 aromatic carbocycles. The molecule has 0 radical (unpaired) electrons. The summed E-state index contributed by atoms with van der Waals surface area (Å²) in [6.45, 7) is 2.93. The molecule has 1 aromatic heterocycles. The molecule has 12 heteroatoms. The van der Waals surface area contributed by atoms with Gasteiger partial charge in [-0.15, -0.1) is 11.3 Å². The number of likely N-dealkylation sites (tertiary alicyclic amines) is 1. The maximum Gasteiger partial charge on any atom is 0.490 e. The molecule has 0 unspecified atom stereocenters. The summed E-state index contributed by atoms with van der Waals surface area (Å²) in [6, 6.07) is 3.84. The van der Waals surface area contributed by atoms with Crippen molar-refractivity contribution in [3.63, 3.8) is 0 Å². The summed E-state index contributed by atoms with van der Waals surface area (Å²) in [5.74, 6) is -2.70. The molecular formula is C16H20F3N3O5S. The lowest BCUT2D eigenvalue weighted by Gasteiger charge is -2.35. The van der Waals surface area contributed by atoms with Crippen LogP contribution in [0, 0.1) is 0 Å². The van der Waals surface area contributed by atoms with Gasteiger partial charge in [0.15, 0.2) is 0 Å². The highest BCUT2D eigenvalue weighted by molar-refractivity contribution is 7.12. The molecule has 2 saturated heterocycles. The molecule has 2 amide bonds. The van der Waals surface area contributed by atoms with Crippen LogP contribution >= 0.6 is 11.3 Å². The standard InChI is InChI=1S/C14H19N3O3S.C2HF3O2/c1-15-13(18)9-16-4-5-20-11-8-17(7-10(11)16)14(19)12-3-2-6-21-12;3-2(4,5)1(6)7/h2-3,6,10-11H,4-5,7-9H2,1H3,(H,15,18);(H,6,7)/t10-,11+;/m1./s1. The van der Waals surface area contributed by atoms with E-state index in [0.29, 0.717) is 26.2 Å². The molecule has 156 valence electrons. The number of likely N-dealkylation sites (N-methyl/N-ethyl adjacent to an activating group) is 1. The van der Waals surface area contributed by atoms with E-state index in [1.807, 2.05) is 22.4 Å². The second-order valence-electron chi connectivity index (χ2n) is 6.11. The number of fused-ring (bicyclic) bond motifs is 1. The zero-order chi connectivity index (χ0) is 20.9. The molecule has 2 N–H and O–H groups in total. The summed E-state index contributed by atoms with van der Waals surface area (Å²) < 4.78 is 37.5. The van der Waals surface area contributed by atoms with Gasteiger partial charge in [0.25, 0.3) is 5.91 Å². The Morgan fingerprint density at radius 3 is 2.57 bits per heavy atom. The van der Waals surface area contributed by atoms with Crippen LogP contribution in [0.3, 0.4) is 0 Å². The summed E-state index contributed by atoms with van der Waals surface area (Å²) in [6.07, 6.45) is -5.08. The number of nitrogens with one attached hydrogen (secondary N) is 1. The van der Waals surface area contributed by atoms with Gasteiger partial charge in [0, 0.05) is 26.7 Å². The van der Waals surface area contributed by atoms with Gasteiger partial charge in [-0.05, 0) is 11.4 Å². The number of morpholine rings is 1. The third kappa shape index (κ3) is 5.66. The fourth-order valence-electron chi connectivity index (χ4n) is 2.94. The Morgan fingerprint density at radius 1 is 1.36 bits per heavy atom. The van der Waals surface area contributed by atoms with Gasteiger partial charge in [0.2, 0.25) is 5.91 Å². The first-order chi connectivity index (χ1) is 13.1. The maximum absolute atomic E-state index is 12.4. The van der Waals surface area contributed by atoms with Gasteiger partial charge in [0.05, 0.1) is 30.2 Å². The summed E-state index contributed by atoms with van der Waals surface area (Å²) >= 11 is 1.46. The molecule has 0 bridgehead atoms. The van der Waals surface area contributed by atoms with Crippen molar-refractivity contribution < 1.29 is 37.4 Å². The minimum absolute atomic E-state index is 0.00122. The van der Waals surface area contributed by atoms with Crippen LogP contribution in [0.15, 0.2) is 17.5 Å². The fraction of sp³-hybridized carbons (Fsp3) is 0.562. The Balaban J connectivity index is 0.000000345. The quantitative estimate of drug-likeness (QED) is 0.741. The van der Waals surface area contributed by atoms with Crippen molar-refractivity contribution in [1.29, 1.82) is 0 Å². The average molecular weight is 423 g/mol. The number of alkyl halides is 3. The van der Waals surface area contributed by atoms with E-state index >= 15 is 0 Å². The Bertz CT molecular complexity index is 698. The Kier molecular flexibility index (Phi) is 7.38. The maximum atomic E-state index is 12.4. The van der Waals surface area contributed by atoms with Crippen LogP contribution < -0.4 is 5.32 Å². The summed E-state index contributed by atoms with van der Waals surface area (Å²) in [7, 11) is 1.64. The van der Waals surface area contributed by atoms with Crippen molar-refractivity contribution in [2.45, 2.75) is 18.3 Å². The predicted molar refractivity (Wildman–Crippen MR) is 93.1 cm³/mol. The van der Waals surface area contributed by atoms with Crippen molar-refractivity contribution in [3.05, 3.63) is 22.4 Å². The van der Waals surface area contributed by atoms with Crippen molar-refractivity contribution in [2.24, 2.45) is 0 Å². The molecule has 28 heavy (non-hydrogen) atoms. The zero-order valence-corrected chi connectivity index (χ0v) is 15.8. The molecule has 0 saturated carbocycles. The molecule has 2 fully saturated rings. The number of hydrogen-bond donors (Lipinski definition) is 2. The highest BCUT2D eigenvalue weighted by Gasteiger charge is 2.42. The van der Waals surface area contributed by atoms with Gasteiger partial charge < -0.3 is 20.1 Å². The SMILES string of the molecule is CNC(=O)CN1CCO[C@H]2CN(C(=O)c3cccs3)C[C@H]21.O=C(O)C(F)(F)F. The molecule has 0 spiro atoms. The van der Waals surface area contributed by atoms with Crippen LogP contribution in [0.4, 0.5) is 13.2 Å². The van der Waals surface area contributed by atoms with Crippen LogP contribution in [0.5, 0.6) is 0 Å². The monoisotopic (exact) mass is 423 g/mol. The number of rotatable bonds is 3. The highest BCUT2D eigenvalue weighted by Crippen LogP contribution is 2.25. The number of ether oxygens (including phenoxy) is 1. The number of thiophene rings is 1. The van der Waals surface area contributed by atoms with Gasteiger partial charge >= 0.3 is 12.1 Å². The van der Waals surface area contributed by atoms with E-state index in [2.05, 4.69) is 10.2 Å². The number of hydrogen-bond acceptors (Lipinski definition) is 6. The smallest absolute Gasteiger partial charge is 0.475 e. The van der Waals surface area contributed by atoms with Gasteiger partial charge in [-0.3, -0.25) is 14.5 Å². The van der Waals surface area contributed by atoms with Gasteiger partial charge in [0.1, 0.15) is 0 Å². The lowest BCUT2D eigenvalue weighted by molar-refractivity contribution is -0.192. The zero-order valence-electron chi connectivity index (χ0n) is 14.9. The van der Waals surface area contributed by atoms with E-state index in [9.17, 15) is 22.8 Å². The number of carbonyl (C=O) groups is 3. The van der Waals surface area contributed by atoms with Gasteiger partial charge in [-0.1, -0.05) is 6.07 Å². The summed E-state index contributed by atoms with van der Waals surface area (Å²) in [5.41, 5.74) is 0. The largest absolute Gasteiger partial charge is 0.490 e. The lowest BCUT2D eigenvalue weighted by atomic mass is 10.1. The number of nitrogens with zero attached hydrogens (tertiary/aromatic N) is 2. The minimum atomic E-state index is -5.08. The lowest BCUT2D eigenvalue weighted by Crippen LogP contribution is -2.53. The van der Waals surface area contributed by atoms with Crippen LogP contribution in [0.25, 0.3) is 0 Å². The first kappa shape index (κ1) is 22.1. The molecular weight excluding hydrogens is 403 g/mol. The van der Waals surface area contributed by atoms with Crippen molar-refractivity contribution >= 4 is 29.1 Å². The van der Waals surface area contributed by atoms with Crippen LogP contribution in [-0.4, -0.2) is 90.8 Å². The molecule has 0 aliphatic carbocycles. The fourth-order valence-corrected chi connectivity index (χ4v) is 3.63. The topological polar surface area (TPSA) is 99.2 Å². The summed E-state index contributed by atoms with van der Waals surface area (Å²) in [5, 5.41) is 11.7. The van der Waals surface area contributed by atoms with E-state index in [1.54, 1.807) is 7.05 Å². The van der Waals surface area contributed by atoms with Crippen molar-refractivity contribution in [1.82, 2.24) is 15.1 Å². The Morgan fingerprint density at radius 2 is 2.04 bits per heavy atom. The van der Waals surface area contributed by atoms with E-state index < -0.39 is 12.1 Å². The average Bonchev–Trinajstić information content (AvgIpc) is 3.31. The minimum Gasteiger partial charge on any atom is -0.475 e. The molecule has 2 aliphatic heterocycles. The third-order valence-electron chi connectivity index (χ3n) is 4.30. The molecule has 3 heterocycles. The normalized spacial score (nSPS) is 22.1. The second-order valence-corrected chi connectivity index (χ2v) is 7.06. The number of carboxylic acid groups (broad SMARTS) is 1. The Labute approximate surface area is 162 Å². The Hall–Kier alpha value is -2.18. The molecule has 1 aromatic rings. The predicted octanol–water partition coefficient (Wildman–Crippen LogP) is 0.653. The van der Waals surface area contributed by atoms with Crippen molar-refractivity contribution in [2.75, 3.05) is 39.8 Å². The van der Waals surface area contributed by atoms with E-state index in [1.165, 1.54) is 11.3 Å². The number of halogens is 3. The van der Waals surface area contributed by atoms with Crippen molar-refractivity contribution in [3.8, 4) is 0 Å². The number of amides is 2. The summed E-state index contributed by atoms with van der Waals surface area (Å²) in [4.78, 5) is 37.6. The second kappa shape index (κ2) is 9.34. The number of aliphatic carboxylic acids is 1. The number of carboxylic acids is 1. The first-order valence-corrected chi connectivity index (χ1v) is 9.20. The van der Waals surface area contributed by atoms with Gasteiger partial charge in [-0.2, -0.15) is 13.2 Å². The third-order valence-corrected chi connectivity index (χ3v) is 5.16. The molecule has 2 atom stereocenters. The molecule has 3 rings (SSSR count). The van der Waals surface area contributed by atoms with E-state index in [-0.39, 0.29) is 24.0 Å². The van der Waals surface area contributed by atoms with Crippen LogP contribution in [0.1, 0.15) is 9.67 Å².